The molecule has 2 atom stereocenters. The van der Waals surface area contributed by atoms with E-state index in [1.165, 1.54) is 77.0 Å². The summed E-state index contributed by atoms with van der Waals surface area (Å²) >= 11 is 0. The number of carbonyl (C=O) groups excluding carboxylic acids is 2. The summed E-state index contributed by atoms with van der Waals surface area (Å²) in [6, 6.07) is 0. The second-order valence-corrected chi connectivity index (χ2v) is 17.8. The minimum absolute atomic E-state index is 0.0391. The number of likely N-dealkylation sites (N-methyl/N-ethyl adjacent to an activating group) is 1. The summed E-state index contributed by atoms with van der Waals surface area (Å²) in [5.41, 5.74) is 0. The summed E-state index contributed by atoms with van der Waals surface area (Å²) in [4.78, 5) is 37.6. The van der Waals surface area contributed by atoms with E-state index in [2.05, 4.69) is 74.6 Å². The Labute approximate surface area is 356 Å². The van der Waals surface area contributed by atoms with Crippen LogP contribution in [0.15, 0.2) is 60.8 Å². The number of unbranched alkanes of at least 4 members (excludes halogenated alkanes) is 17. The molecule has 0 aromatic heterocycles. The van der Waals surface area contributed by atoms with Gasteiger partial charge in [-0.2, -0.15) is 0 Å². The van der Waals surface area contributed by atoms with Crippen LogP contribution in [0.1, 0.15) is 181 Å². The van der Waals surface area contributed by atoms with Crippen molar-refractivity contribution >= 4 is 19.8 Å². The smallest absolute Gasteiger partial charge is 0.306 e. The molecule has 0 aliphatic heterocycles. The van der Waals surface area contributed by atoms with Crippen LogP contribution in [0, 0.1) is 0 Å². The first-order valence-electron chi connectivity index (χ1n) is 23.0. The minimum Gasteiger partial charge on any atom is -0.756 e. The molecule has 0 N–H and O–H groups in total. The molecule has 10 heteroatoms. The van der Waals surface area contributed by atoms with Gasteiger partial charge < -0.3 is 27.9 Å². The highest BCUT2D eigenvalue weighted by atomic mass is 31.2. The molecule has 0 heterocycles. The third-order valence-electron chi connectivity index (χ3n) is 9.55. The number of phosphoric ester groups is 1. The molecule has 0 aromatic rings. The number of ether oxygens (including phenoxy) is 2. The molecule has 9 nitrogen and oxygen atoms in total. The van der Waals surface area contributed by atoms with Gasteiger partial charge >= 0.3 is 11.9 Å². The lowest BCUT2D eigenvalue weighted by atomic mass is 10.0. The third kappa shape index (κ3) is 43.3. The average molecular weight is 836 g/mol. The van der Waals surface area contributed by atoms with Crippen LogP contribution in [-0.2, 0) is 32.7 Å². The Kier molecular flexibility index (Phi) is 38.5. The Hall–Kier alpha value is -2.29. The number of carbonyl (C=O) groups is 2. The van der Waals surface area contributed by atoms with Gasteiger partial charge in [0.1, 0.15) is 19.8 Å². The first-order chi connectivity index (χ1) is 28.0. The molecule has 0 saturated heterocycles. The molecule has 0 bridgehead atoms. The number of hydrogen-bond donors (Lipinski definition) is 0. The van der Waals surface area contributed by atoms with Gasteiger partial charge in [-0.1, -0.05) is 171 Å². The molecule has 0 saturated carbocycles. The van der Waals surface area contributed by atoms with Crippen LogP contribution in [0.5, 0.6) is 0 Å². The van der Waals surface area contributed by atoms with Crippen molar-refractivity contribution in [2.45, 2.75) is 187 Å². The monoisotopic (exact) mass is 836 g/mol. The Bertz CT molecular complexity index is 1170. The summed E-state index contributed by atoms with van der Waals surface area (Å²) in [6.45, 7) is 4.08. The number of rotatable bonds is 41. The van der Waals surface area contributed by atoms with E-state index >= 15 is 0 Å². The number of esters is 2. The maximum absolute atomic E-state index is 12.7. The molecular weight excluding hydrogens is 750 g/mol. The van der Waals surface area contributed by atoms with E-state index in [1.54, 1.807) is 0 Å². The van der Waals surface area contributed by atoms with Gasteiger partial charge in [0, 0.05) is 12.8 Å². The van der Waals surface area contributed by atoms with E-state index < -0.39 is 32.5 Å². The van der Waals surface area contributed by atoms with Gasteiger partial charge in [-0.25, -0.2) is 0 Å². The van der Waals surface area contributed by atoms with Gasteiger partial charge in [0.15, 0.2) is 6.10 Å². The van der Waals surface area contributed by atoms with Crippen LogP contribution in [0.4, 0.5) is 0 Å². The molecule has 0 spiro atoms. The van der Waals surface area contributed by atoms with Gasteiger partial charge in [-0.15, -0.1) is 0 Å². The van der Waals surface area contributed by atoms with Crippen molar-refractivity contribution in [3.63, 3.8) is 0 Å². The van der Waals surface area contributed by atoms with E-state index in [0.29, 0.717) is 17.4 Å². The second kappa shape index (κ2) is 40.1. The maximum Gasteiger partial charge on any atom is 0.306 e. The fraction of sp³-hybridized carbons (Fsp3) is 0.750. The molecule has 0 fully saturated rings. The van der Waals surface area contributed by atoms with Crippen LogP contribution in [0.25, 0.3) is 0 Å². The Morgan fingerprint density at radius 3 is 1.47 bits per heavy atom. The molecule has 0 amide bonds. The molecule has 2 unspecified atom stereocenters. The molecule has 0 radical (unpaired) electrons. The first-order valence-corrected chi connectivity index (χ1v) is 24.5. The lowest BCUT2D eigenvalue weighted by molar-refractivity contribution is -0.870. The molecule has 0 aromatic carbocycles. The van der Waals surface area contributed by atoms with Crippen molar-refractivity contribution < 1.29 is 42.1 Å². The van der Waals surface area contributed by atoms with Crippen LogP contribution in [0.2, 0.25) is 0 Å². The van der Waals surface area contributed by atoms with Crippen molar-refractivity contribution in [1.82, 2.24) is 0 Å². The summed E-state index contributed by atoms with van der Waals surface area (Å²) in [5, 5.41) is 0. The van der Waals surface area contributed by atoms with E-state index in [0.717, 1.165) is 70.6 Å². The van der Waals surface area contributed by atoms with Crippen molar-refractivity contribution in [2.24, 2.45) is 0 Å². The van der Waals surface area contributed by atoms with Gasteiger partial charge in [-0.05, 0) is 57.8 Å². The van der Waals surface area contributed by atoms with Gasteiger partial charge in [0.25, 0.3) is 7.82 Å². The highest BCUT2D eigenvalue weighted by Crippen LogP contribution is 2.38. The topological polar surface area (TPSA) is 111 Å². The van der Waals surface area contributed by atoms with Crippen molar-refractivity contribution in [2.75, 3.05) is 47.5 Å². The van der Waals surface area contributed by atoms with Gasteiger partial charge in [0.05, 0.1) is 27.7 Å². The molecule has 58 heavy (non-hydrogen) atoms. The number of phosphoric acid groups is 1. The Morgan fingerprint density at radius 2 is 0.983 bits per heavy atom. The number of quaternary nitrogens is 1. The maximum atomic E-state index is 12.7. The molecule has 336 valence electrons. The number of allylic oxidation sites excluding steroid dienone is 10. The summed E-state index contributed by atoms with van der Waals surface area (Å²) in [5.74, 6) is -0.871. The number of nitrogens with zero attached hydrogens (tertiary/aromatic N) is 1. The largest absolute Gasteiger partial charge is 0.756 e. The molecular formula is C48H86NO8P. The Balaban J connectivity index is 4.40. The summed E-state index contributed by atoms with van der Waals surface area (Å²) in [6.07, 6.45) is 48.2. The fourth-order valence-corrected chi connectivity index (χ4v) is 6.70. The Morgan fingerprint density at radius 1 is 0.552 bits per heavy atom. The van der Waals surface area contributed by atoms with E-state index in [4.69, 9.17) is 18.5 Å². The van der Waals surface area contributed by atoms with Crippen LogP contribution < -0.4 is 4.89 Å². The highest BCUT2D eigenvalue weighted by molar-refractivity contribution is 7.45. The minimum atomic E-state index is -4.64. The van der Waals surface area contributed by atoms with Crippen molar-refractivity contribution in [1.29, 1.82) is 0 Å². The SMILES string of the molecule is CC/C=C\C/C=C\C/C=C\C/C=C\C/C=C\CCCCCC(=O)OC(COC(=O)CCCCCCCCCCCCCCCCC)COP(=O)([O-])OCC[N+](C)(C)C. The normalized spacial score (nSPS) is 14.1. The van der Waals surface area contributed by atoms with E-state index in [-0.39, 0.29) is 26.1 Å². The van der Waals surface area contributed by atoms with Crippen molar-refractivity contribution in [3.8, 4) is 0 Å². The zero-order chi connectivity index (χ0) is 42.8. The number of hydrogen-bond acceptors (Lipinski definition) is 8. The lowest BCUT2D eigenvalue weighted by Gasteiger charge is -2.28. The van der Waals surface area contributed by atoms with Crippen LogP contribution in [0.3, 0.4) is 0 Å². The molecule has 0 aliphatic rings. The van der Waals surface area contributed by atoms with E-state index in [9.17, 15) is 19.0 Å². The molecule has 0 rings (SSSR count). The average Bonchev–Trinajstić information content (AvgIpc) is 3.17. The van der Waals surface area contributed by atoms with Gasteiger partial charge in [-0.3, -0.25) is 14.2 Å². The second-order valence-electron chi connectivity index (χ2n) is 16.4. The van der Waals surface area contributed by atoms with E-state index in [1.807, 2.05) is 21.1 Å². The fourth-order valence-electron chi connectivity index (χ4n) is 5.97. The predicted octanol–water partition coefficient (Wildman–Crippen LogP) is 12.6. The lowest BCUT2D eigenvalue weighted by Crippen LogP contribution is -2.37. The third-order valence-corrected chi connectivity index (χ3v) is 10.5. The van der Waals surface area contributed by atoms with Crippen molar-refractivity contribution in [3.05, 3.63) is 60.8 Å². The standard InChI is InChI=1S/C48H86NO8P/c1-6-8-10-12-14-16-18-20-22-23-24-25-27-29-31-33-35-37-39-41-48(51)57-46(45-56-58(52,53)55-43-42-49(3,4)5)44-54-47(50)40-38-36-34-32-30-28-26-21-19-17-15-13-11-9-7-2/h8,10,14,16,20,22,24-25,29,31,46H,6-7,9,11-13,15,17-19,21,23,26-28,30,32-45H2,1-5H3/b10-8-,16-14-,22-20-,25-24-,31-29-. The highest BCUT2D eigenvalue weighted by Gasteiger charge is 2.21. The molecule has 0 aliphatic carbocycles. The first kappa shape index (κ1) is 55.7. The summed E-state index contributed by atoms with van der Waals surface area (Å²) in [7, 11) is 1.14. The van der Waals surface area contributed by atoms with Crippen LogP contribution in [-0.4, -0.2) is 70.0 Å². The van der Waals surface area contributed by atoms with Gasteiger partial charge in [0.2, 0.25) is 0 Å². The quantitative estimate of drug-likeness (QED) is 0.0197. The summed E-state index contributed by atoms with van der Waals surface area (Å²) < 4.78 is 33.9. The zero-order valence-corrected chi connectivity index (χ0v) is 38.6. The zero-order valence-electron chi connectivity index (χ0n) is 37.7. The van der Waals surface area contributed by atoms with Crippen LogP contribution >= 0.6 is 7.82 Å². The predicted molar refractivity (Wildman–Crippen MR) is 240 cm³/mol.